The quantitative estimate of drug-likeness (QED) is 0.642. The fourth-order valence-corrected chi connectivity index (χ4v) is 2.08. The van der Waals surface area contributed by atoms with Gasteiger partial charge in [-0.15, -0.1) is 0 Å². The number of hydrogen-bond donors (Lipinski definition) is 0. The lowest BCUT2D eigenvalue weighted by Gasteiger charge is -1.98. The zero-order chi connectivity index (χ0) is 8.55. The van der Waals surface area contributed by atoms with Gasteiger partial charge in [0, 0.05) is 17.2 Å². The number of nitrogens with zero attached hydrogens (tertiary/aromatic N) is 1. The summed E-state index contributed by atoms with van der Waals surface area (Å²) in [6.45, 7) is 0. The molecule has 0 fully saturated rings. The van der Waals surface area contributed by atoms with Crippen molar-refractivity contribution in [2.24, 2.45) is 4.99 Å². The molecule has 2 rings (SSSR count). The van der Waals surface area contributed by atoms with E-state index in [1.165, 1.54) is 21.3 Å². The first-order valence-electron chi connectivity index (χ1n) is 4.05. The molecule has 2 heteroatoms. The van der Waals surface area contributed by atoms with Crippen molar-refractivity contribution in [2.75, 3.05) is 7.05 Å². The van der Waals surface area contributed by atoms with Gasteiger partial charge in [-0.3, -0.25) is 4.99 Å². The summed E-state index contributed by atoms with van der Waals surface area (Å²) in [6, 6.07) is 6.41. The van der Waals surface area contributed by atoms with Gasteiger partial charge < -0.3 is 0 Å². The second-order valence-electron chi connectivity index (χ2n) is 2.97. The van der Waals surface area contributed by atoms with Gasteiger partial charge in [-0.1, -0.05) is 22.0 Å². The molecule has 1 aromatic rings. The third-order valence-corrected chi connectivity index (χ3v) is 2.77. The molecule has 0 spiro atoms. The van der Waals surface area contributed by atoms with Crippen molar-refractivity contribution in [1.82, 2.24) is 0 Å². The fraction of sp³-hybridized carbons (Fsp3) is 0.300. The summed E-state index contributed by atoms with van der Waals surface area (Å²) in [5, 5.41) is 0. The maximum Gasteiger partial charge on any atom is 0.0423 e. The van der Waals surface area contributed by atoms with Gasteiger partial charge in [-0.05, 0) is 36.1 Å². The molecule has 0 atom stereocenters. The van der Waals surface area contributed by atoms with Crippen LogP contribution in [-0.2, 0) is 6.42 Å². The Morgan fingerprint density at radius 3 is 2.92 bits per heavy atom. The summed E-state index contributed by atoms with van der Waals surface area (Å²) >= 11 is 3.47. The minimum Gasteiger partial charge on any atom is -0.292 e. The van der Waals surface area contributed by atoms with E-state index in [0.717, 1.165) is 12.8 Å². The number of fused-ring (bicyclic) bond motifs is 1. The van der Waals surface area contributed by atoms with Gasteiger partial charge in [0.2, 0.25) is 0 Å². The highest BCUT2D eigenvalue weighted by molar-refractivity contribution is 9.10. The molecular formula is C10H10BrN. The molecule has 0 amide bonds. The molecule has 0 radical (unpaired) electrons. The molecule has 0 unspecified atom stereocenters. The Labute approximate surface area is 80.6 Å². The predicted molar refractivity (Wildman–Crippen MR) is 54.9 cm³/mol. The van der Waals surface area contributed by atoms with Crippen molar-refractivity contribution in [3.63, 3.8) is 0 Å². The molecule has 0 saturated heterocycles. The highest BCUT2D eigenvalue weighted by Crippen LogP contribution is 2.25. The molecule has 1 nitrogen and oxygen atoms in total. The summed E-state index contributed by atoms with van der Waals surface area (Å²) in [7, 11) is 1.87. The molecule has 0 heterocycles. The molecule has 1 aliphatic carbocycles. The zero-order valence-corrected chi connectivity index (χ0v) is 8.56. The van der Waals surface area contributed by atoms with Crippen molar-refractivity contribution < 1.29 is 0 Å². The number of aliphatic imine (C=N–C) groups is 1. The highest BCUT2D eigenvalue weighted by atomic mass is 79.9. The van der Waals surface area contributed by atoms with Crippen LogP contribution in [-0.4, -0.2) is 12.8 Å². The highest BCUT2D eigenvalue weighted by Gasteiger charge is 2.16. The molecule has 62 valence electrons. The van der Waals surface area contributed by atoms with E-state index in [4.69, 9.17) is 0 Å². The number of benzene rings is 1. The molecule has 1 aromatic carbocycles. The average molecular weight is 224 g/mol. The van der Waals surface area contributed by atoms with Crippen LogP contribution in [0.4, 0.5) is 0 Å². The van der Waals surface area contributed by atoms with E-state index in [1.807, 2.05) is 7.05 Å². The van der Waals surface area contributed by atoms with Gasteiger partial charge in [0.15, 0.2) is 0 Å². The number of aryl methyl sites for hydroxylation is 1. The Morgan fingerprint density at radius 1 is 1.33 bits per heavy atom. The lowest BCUT2D eigenvalue weighted by Crippen LogP contribution is -1.92. The van der Waals surface area contributed by atoms with Gasteiger partial charge >= 0.3 is 0 Å². The summed E-state index contributed by atoms with van der Waals surface area (Å²) in [6.07, 6.45) is 2.24. The van der Waals surface area contributed by atoms with Crippen LogP contribution in [0.15, 0.2) is 27.7 Å². The van der Waals surface area contributed by atoms with E-state index < -0.39 is 0 Å². The van der Waals surface area contributed by atoms with E-state index in [2.05, 4.69) is 39.1 Å². The van der Waals surface area contributed by atoms with E-state index in [1.54, 1.807) is 0 Å². The monoisotopic (exact) mass is 223 g/mol. The van der Waals surface area contributed by atoms with Gasteiger partial charge in [0.1, 0.15) is 0 Å². The molecule has 0 aliphatic heterocycles. The largest absolute Gasteiger partial charge is 0.292 e. The Bertz CT molecular complexity index is 342. The smallest absolute Gasteiger partial charge is 0.0423 e. The van der Waals surface area contributed by atoms with Crippen molar-refractivity contribution >= 4 is 21.6 Å². The van der Waals surface area contributed by atoms with Crippen LogP contribution in [0.1, 0.15) is 17.5 Å². The van der Waals surface area contributed by atoms with Crippen LogP contribution < -0.4 is 0 Å². The van der Waals surface area contributed by atoms with Crippen LogP contribution in [0, 0.1) is 0 Å². The van der Waals surface area contributed by atoms with E-state index >= 15 is 0 Å². The second kappa shape index (κ2) is 3.02. The molecule has 12 heavy (non-hydrogen) atoms. The van der Waals surface area contributed by atoms with Crippen molar-refractivity contribution in [1.29, 1.82) is 0 Å². The fourth-order valence-electron chi connectivity index (χ4n) is 1.67. The minimum absolute atomic E-state index is 1.10. The van der Waals surface area contributed by atoms with Crippen LogP contribution in [0.25, 0.3) is 0 Å². The first-order chi connectivity index (χ1) is 5.81. The van der Waals surface area contributed by atoms with Crippen molar-refractivity contribution in [2.45, 2.75) is 12.8 Å². The molecule has 0 aromatic heterocycles. The first kappa shape index (κ1) is 7.99. The molecular weight excluding hydrogens is 214 g/mol. The van der Waals surface area contributed by atoms with Crippen molar-refractivity contribution in [3.8, 4) is 0 Å². The van der Waals surface area contributed by atoms with E-state index in [9.17, 15) is 0 Å². The Morgan fingerprint density at radius 2 is 2.17 bits per heavy atom. The van der Waals surface area contributed by atoms with Gasteiger partial charge in [-0.25, -0.2) is 0 Å². The van der Waals surface area contributed by atoms with Crippen LogP contribution in [0.5, 0.6) is 0 Å². The molecule has 0 saturated carbocycles. The molecule has 0 N–H and O–H groups in total. The van der Waals surface area contributed by atoms with Crippen LogP contribution in [0.2, 0.25) is 0 Å². The van der Waals surface area contributed by atoms with Gasteiger partial charge in [0.25, 0.3) is 0 Å². The Hall–Kier alpha value is -0.630. The number of halogens is 1. The Kier molecular flexibility index (Phi) is 2.01. The summed E-state index contributed by atoms with van der Waals surface area (Å²) in [5.74, 6) is 0. The summed E-state index contributed by atoms with van der Waals surface area (Å²) in [4.78, 5) is 4.26. The zero-order valence-electron chi connectivity index (χ0n) is 6.97. The summed E-state index contributed by atoms with van der Waals surface area (Å²) < 4.78 is 1.17. The Balaban J connectivity index is 2.55. The standard InChI is InChI=1S/C10H10BrN/c1-12-10-5-2-7-6-8(11)3-4-9(7)10/h3-4,6H,2,5H2,1H3. The third kappa shape index (κ3) is 1.20. The van der Waals surface area contributed by atoms with Crippen LogP contribution in [0.3, 0.4) is 0 Å². The third-order valence-electron chi connectivity index (χ3n) is 2.28. The predicted octanol–water partition coefficient (Wildman–Crippen LogP) is 2.81. The normalized spacial score (nSPS) is 18.3. The lowest BCUT2D eigenvalue weighted by atomic mass is 10.1. The number of hydrogen-bond acceptors (Lipinski definition) is 1. The second-order valence-corrected chi connectivity index (χ2v) is 3.89. The van der Waals surface area contributed by atoms with Crippen molar-refractivity contribution in [3.05, 3.63) is 33.8 Å². The van der Waals surface area contributed by atoms with Gasteiger partial charge in [0.05, 0.1) is 0 Å². The maximum atomic E-state index is 4.26. The number of rotatable bonds is 0. The lowest BCUT2D eigenvalue weighted by molar-refractivity contribution is 1.09. The first-order valence-corrected chi connectivity index (χ1v) is 4.85. The SMILES string of the molecule is CN=C1CCc2cc(Br)ccc21. The average Bonchev–Trinajstić information content (AvgIpc) is 2.46. The topological polar surface area (TPSA) is 12.4 Å². The van der Waals surface area contributed by atoms with E-state index in [-0.39, 0.29) is 0 Å². The maximum absolute atomic E-state index is 4.26. The molecule has 1 aliphatic rings. The van der Waals surface area contributed by atoms with E-state index in [0.29, 0.717) is 0 Å². The summed E-state index contributed by atoms with van der Waals surface area (Å²) in [5.41, 5.74) is 4.00. The minimum atomic E-state index is 1.10. The van der Waals surface area contributed by atoms with Gasteiger partial charge in [-0.2, -0.15) is 0 Å². The molecule has 0 bridgehead atoms. The van der Waals surface area contributed by atoms with Crippen LogP contribution >= 0.6 is 15.9 Å².